The zero-order valence-electron chi connectivity index (χ0n) is 2.45. The predicted octanol–water partition coefficient (Wildman–Crippen LogP) is 2.17. The first-order valence-electron chi connectivity index (χ1n) is 0. The van der Waals surface area contributed by atoms with Gasteiger partial charge >= 0.3 is 18.6 Å². The first-order valence-corrected chi connectivity index (χ1v) is 0. The van der Waals surface area contributed by atoms with Gasteiger partial charge in [0.1, 0.15) is 0 Å². The molecular weight excluding hydrogens is 99.0 g/mol. The van der Waals surface area contributed by atoms with Crippen molar-refractivity contribution in [2.45, 2.75) is 14.9 Å². The van der Waals surface area contributed by atoms with Crippen molar-refractivity contribution in [1.29, 1.82) is 0 Å². The van der Waals surface area contributed by atoms with Crippen LogP contribution in [0.25, 0.3) is 0 Å². The molecule has 0 rings (SSSR count). The quantitative estimate of drug-likeness (QED) is 0.422. The Labute approximate surface area is 48.9 Å². The first kappa shape index (κ1) is 344. The summed E-state index contributed by atoms with van der Waals surface area (Å²) in [5, 5.41) is 0. The van der Waals surface area contributed by atoms with Gasteiger partial charge in [-0.1, -0.05) is 14.9 Å². The first-order chi connectivity index (χ1) is 0. The van der Waals surface area contributed by atoms with E-state index in [1.54, 1.807) is 0 Å². The second kappa shape index (κ2) is 172. The van der Waals surface area contributed by atoms with E-state index in [1.807, 2.05) is 0 Å². The van der Waals surface area contributed by atoms with Gasteiger partial charge in [-0.15, -0.1) is 0 Å². The van der Waals surface area contributed by atoms with Crippen LogP contribution in [-0.2, 0) is 18.6 Å². The van der Waals surface area contributed by atoms with Gasteiger partial charge in [0.2, 0.25) is 0 Å². The molecule has 0 nitrogen and oxygen atoms in total. The summed E-state index contributed by atoms with van der Waals surface area (Å²) in [6.45, 7) is 0. The third-order valence-corrected chi connectivity index (χ3v) is 0. The van der Waals surface area contributed by atoms with E-state index in [0.717, 1.165) is 0 Å². The SMILES string of the molecule is C.C.[CH3-].[CH3-].[V+2]. The molecule has 0 amide bonds. The summed E-state index contributed by atoms with van der Waals surface area (Å²) in [6.07, 6.45) is 0. The number of hydrogen-bond donors (Lipinski definition) is 0. The van der Waals surface area contributed by atoms with Gasteiger partial charge in [0.15, 0.2) is 0 Å². The molecule has 35 valence electrons. The fourth-order valence-corrected chi connectivity index (χ4v) is 0. The molecule has 0 aliphatic carbocycles. The Morgan fingerprint density at radius 3 is 0.600 bits per heavy atom. The number of hydrogen-bond acceptors (Lipinski definition) is 0. The smallest absolute Gasteiger partial charge is 0.358 e. The van der Waals surface area contributed by atoms with Crippen molar-refractivity contribution in [1.82, 2.24) is 0 Å². The van der Waals surface area contributed by atoms with Gasteiger partial charge in [-0.2, -0.15) is 0 Å². The van der Waals surface area contributed by atoms with E-state index in [2.05, 4.69) is 0 Å². The monoisotopic (exact) mass is 113 g/mol. The summed E-state index contributed by atoms with van der Waals surface area (Å²) in [5.41, 5.74) is 0. The minimum atomic E-state index is 0. The van der Waals surface area contributed by atoms with Crippen LogP contribution in [0.15, 0.2) is 0 Å². The molecule has 1 heteroatoms. The van der Waals surface area contributed by atoms with Gasteiger partial charge in [-0.25, -0.2) is 0 Å². The van der Waals surface area contributed by atoms with E-state index in [-0.39, 0.29) is 48.3 Å². The Kier molecular flexibility index (Phi) is 11900. The van der Waals surface area contributed by atoms with Crippen LogP contribution in [-0.4, -0.2) is 0 Å². The minimum absolute atomic E-state index is 0. The summed E-state index contributed by atoms with van der Waals surface area (Å²) in [4.78, 5) is 0. The molecule has 0 spiro atoms. The molecule has 1 radical (unpaired) electrons. The minimum Gasteiger partial charge on any atom is -0.358 e. The summed E-state index contributed by atoms with van der Waals surface area (Å²) < 4.78 is 0. The molecular formula is C4H14V. The average molecular weight is 113 g/mol. The Balaban J connectivity index is 0. The fraction of sp³-hybridized carbons (Fsp3) is 0.500. The van der Waals surface area contributed by atoms with Crippen LogP contribution in [0.3, 0.4) is 0 Å². The van der Waals surface area contributed by atoms with Crippen LogP contribution in [0.5, 0.6) is 0 Å². The van der Waals surface area contributed by atoms with Crippen LogP contribution in [0.4, 0.5) is 0 Å². The van der Waals surface area contributed by atoms with Crippen molar-refractivity contribution >= 4 is 0 Å². The van der Waals surface area contributed by atoms with E-state index in [1.165, 1.54) is 0 Å². The Morgan fingerprint density at radius 1 is 0.600 bits per heavy atom. The topological polar surface area (TPSA) is 0 Å². The van der Waals surface area contributed by atoms with Crippen molar-refractivity contribution in [3.8, 4) is 0 Å². The fourth-order valence-electron chi connectivity index (χ4n) is 0. The summed E-state index contributed by atoms with van der Waals surface area (Å²) >= 11 is 0. The molecule has 0 aliphatic rings. The third-order valence-electron chi connectivity index (χ3n) is 0. The van der Waals surface area contributed by atoms with Gasteiger partial charge in [-0.05, 0) is 0 Å². The van der Waals surface area contributed by atoms with Crippen LogP contribution in [0.2, 0.25) is 0 Å². The molecule has 0 heterocycles. The summed E-state index contributed by atoms with van der Waals surface area (Å²) in [7, 11) is 0. The zero-order valence-corrected chi connectivity index (χ0v) is 3.84. The molecule has 0 unspecified atom stereocenters. The molecule has 0 atom stereocenters. The summed E-state index contributed by atoms with van der Waals surface area (Å²) in [5.74, 6) is 0. The Morgan fingerprint density at radius 2 is 0.600 bits per heavy atom. The molecule has 0 aromatic carbocycles. The molecule has 0 aromatic heterocycles. The molecule has 0 saturated carbocycles. The van der Waals surface area contributed by atoms with Crippen molar-refractivity contribution < 1.29 is 18.6 Å². The summed E-state index contributed by atoms with van der Waals surface area (Å²) in [6, 6.07) is 0. The van der Waals surface area contributed by atoms with E-state index < -0.39 is 0 Å². The maximum absolute atomic E-state index is 0. The third kappa shape index (κ3) is 89.7. The van der Waals surface area contributed by atoms with Crippen LogP contribution < -0.4 is 0 Å². The van der Waals surface area contributed by atoms with Gasteiger partial charge < -0.3 is 14.9 Å². The Bertz CT molecular complexity index is 3.61. The normalized spacial score (nSPS) is 0. The van der Waals surface area contributed by atoms with Crippen molar-refractivity contribution in [2.24, 2.45) is 0 Å². The molecule has 0 fully saturated rings. The zero-order chi connectivity index (χ0) is 0. The number of rotatable bonds is 0. The van der Waals surface area contributed by atoms with Crippen LogP contribution in [0, 0.1) is 14.9 Å². The molecule has 0 aromatic rings. The van der Waals surface area contributed by atoms with Gasteiger partial charge in [0.05, 0.1) is 0 Å². The van der Waals surface area contributed by atoms with E-state index in [0.29, 0.717) is 0 Å². The molecule has 0 aliphatic heterocycles. The average Bonchev–Trinajstić information content (AvgIpc) is 0. The maximum atomic E-state index is 0. The second-order valence-corrected chi connectivity index (χ2v) is 0. The van der Waals surface area contributed by atoms with Gasteiger partial charge in [-0.3, -0.25) is 0 Å². The van der Waals surface area contributed by atoms with Gasteiger partial charge in [0, 0.05) is 0 Å². The van der Waals surface area contributed by atoms with E-state index >= 15 is 0 Å². The largest absolute Gasteiger partial charge is 2.00 e. The molecule has 0 saturated heterocycles. The second-order valence-electron chi connectivity index (χ2n) is 0. The van der Waals surface area contributed by atoms with Crippen molar-refractivity contribution in [3.05, 3.63) is 14.9 Å². The predicted molar refractivity (Wildman–Crippen MR) is 26.3 cm³/mol. The molecule has 5 heavy (non-hydrogen) atoms. The van der Waals surface area contributed by atoms with E-state index in [4.69, 9.17) is 0 Å². The van der Waals surface area contributed by atoms with Crippen LogP contribution in [0.1, 0.15) is 14.9 Å². The molecule has 0 N–H and O–H groups in total. The maximum Gasteiger partial charge on any atom is 2.00 e. The van der Waals surface area contributed by atoms with Crippen molar-refractivity contribution in [2.75, 3.05) is 0 Å². The standard InChI is InChI=1S/2CH4.2CH3.V/h2*1H4;2*1H3;/q;;2*-1;+2. The van der Waals surface area contributed by atoms with Gasteiger partial charge in [0.25, 0.3) is 0 Å². The molecule has 0 bridgehead atoms. The van der Waals surface area contributed by atoms with Crippen molar-refractivity contribution in [3.63, 3.8) is 0 Å². The van der Waals surface area contributed by atoms with E-state index in [9.17, 15) is 0 Å². The Hall–Kier alpha value is 0.584. The van der Waals surface area contributed by atoms with Crippen LogP contribution >= 0.6 is 0 Å².